The molecule has 2 heterocycles. The van der Waals surface area contributed by atoms with Crippen molar-refractivity contribution in [2.24, 2.45) is 5.92 Å². The molecule has 1 aliphatic rings. The second kappa shape index (κ2) is 8.32. The van der Waals surface area contributed by atoms with Gasteiger partial charge >= 0.3 is 5.97 Å². The van der Waals surface area contributed by atoms with Crippen LogP contribution in [0.15, 0.2) is 61.1 Å². The third kappa shape index (κ3) is 4.38. The molecule has 0 aliphatic carbocycles. The summed E-state index contributed by atoms with van der Waals surface area (Å²) in [6, 6.07) is 18.2. The third-order valence-electron chi connectivity index (χ3n) is 5.42. The first-order valence-electron chi connectivity index (χ1n) is 9.96. The molecule has 146 valence electrons. The van der Waals surface area contributed by atoms with Crippen molar-refractivity contribution in [2.75, 3.05) is 0 Å². The molecule has 2 aromatic carbocycles. The van der Waals surface area contributed by atoms with Gasteiger partial charge in [-0.15, -0.1) is 0 Å². The normalized spacial score (nSPS) is 15.4. The van der Waals surface area contributed by atoms with E-state index in [1.165, 1.54) is 5.56 Å². The molecule has 4 rings (SSSR count). The topological polar surface area (TPSA) is 58.9 Å². The lowest BCUT2D eigenvalue weighted by molar-refractivity contribution is -0.695. The molecule has 1 aromatic heterocycles. The number of carbonyl (C=O) groups is 1. The van der Waals surface area contributed by atoms with Crippen LogP contribution >= 0.6 is 0 Å². The van der Waals surface area contributed by atoms with E-state index in [0.717, 1.165) is 29.8 Å². The molecule has 3 aromatic rings. The molecule has 5 heteroatoms. The molecule has 0 N–H and O–H groups in total. The molecule has 0 saturated carbocycles. The van der Waals surface area contributed by atoms with E-state index in [4.69, 9.17) is 10.00 Å². The summed E-state index contributed by atoms with van der Waals surface area (Å²) in [6.45, 7) is 3.54. The number of imidazole rings is 1. The number of rotatable bonds is 5. The molecule has 5 nitrogen and oxygen atoms in total. The van der Waals surface area contributed by atoms with Gasteiger partial charge in [-0.3, -0.25) is 4.79 Å². The van der Waals surface area contributed by atoms with E-state index in [9.17, 15) is 4.79 Å². The van der Waals surface area contributed by atoms with Gasteiger partial charge in [-0.25, -0.2) is 9.13 Å². The minimum absolute atomic E-state index is 0.140. The molecular formula is C24H24N3O2+. The molecule has 1 aliphatic heterocycles. The zero-order valence-corrected chi connectivity index (χ0v) is 16.5. The maximum Gasteiger partial charge on any atom is 0.314 e. The minimum Gasteiger partial charge on any atom is -0.426 e. The Bertz CT molecular complexity index is 1040. The maximum absolute atomic E-state index is 12.7. The van der Waals surface area contributed by atoms with Crippen molar-refractivity contribution < 1.29 is 14.1 Å². The van der Waals surface area contributed by atoms with Gasteiger partial charge in [-0.2, -0.15) is 5.26 Å². The monoisotopic (exact) mass is 386 g/mol. The molecule has 0 amide bonds. The number of carbonyl (C=O) groups excluding carboxylic acids is 1. The molecule has 0 radical (unpaired) electrons. The largest absolute Gasteiger partial charge is 0.426 e. The van der Waals surface area contributed by atoms with Gasteiger partial charge in [-0.05, 0) is 36.6 Å². The lowest BCUT2D eigenvalue weighted by Crippen LogP contribution is -2.30. The molecule has 0 bridgehead atoms. The van der Waals surface area contributed by atoms with E-state index in [2.05, 4.69) is 41.8 Å². The number of aryl methyl sites for hydroxylation is 3. The van der Waals surface area contributed by atoms with Crippen LogP contribution in [0.3, 0.4) is 0 Å². The van der Waals surface area contributed by atoms with Gasteiger partial charge in [0.05, 0.1) is 25.0 Å². The van der Waals surface area contributed by atoms with Crippen LogP contribution < -0.4 is 9.30 Å². The summed E-state index contributed by atoms with van der Waals surface area (Å²) in [4.78, 5) is 12.7. The fraction of sp³-hybridized carbons (Fsp3) is 0.292. The fourth-order valence-electron chi connectivity index (χ4n) is 3.74. The van der Waals surface area contributed by atoms with Crippen LogP contribution in [0.25, 0.3) is 11.1 Å². The standard InChI is InChI=1S/C24H24N3O2/c1-18-3-5-19(6-4-18)20-7-9-23(10-8-20)29-24(28)21-11-14-27-17-26(13-2-12-25)16-22(27)15-21/h3-10,16-17,21H,2,11,13-15H2,1H3/q+1. The van der Waals surface area contributed by atoms with Crippen LogP contribution in [0.2, 0.25) is 0 Å². The zero-order chi connectivity index (χ0) is 20.2. The van der Waals surface area contributed by atoms with E-state index >= 15 is 0 Å². The van der Waals surface area contributed by atoms with E-state index < -0.39 is 0 Å². The van der Waals surface area contributed by atoms with Gasteiger partial charge in [-0.1, -0.05) is 42.0 Å². The number of hydrogen-bond donors (Lipinski definition) is 0. The Kier molecular flexibility index (Phi) is 5.44. The Morgan fingerprint density at radius 2 is 1.86 bits per heavy atom. The number of nitrogens with zero attached hydrogens (tertiary/aromatic N) is 3. The molecule has 1 atom stereocenters. The summed E-state index contributed by atoms with van der Waals surface area (Å²) in [7, 11) is 0. The smallest absolute Gasteiger partial charge is 0.314 e. The summed E-state index contributed by atoms with van der Waals surface area (Å²) in [6.07, 6.45) is 5.98. The summed E-state index contributed by atoms with van der Waals surface area (Å²) >= 11 is 0. The van der Waals surface area contributed by atoms with Crippen molar-refractivity contribution in [3.8, 4) is 22.9 Å². The Labute approximate surface area is 170 Å². The first-order chi connectivity index (χ1) is 14.1. The van der Waals surface area contributed by atoms with Gasteiger partial charge in [0.2, 0.25) is 6.33 Å². The number of ether oxygens (including phenoxy) is 1. The molecule has 1 unspecified atom stereocenters. The van der Waals surface area contributed by atoms with Gasteiger partial charge in [0.25, 0.3) is 0 Å². The van der Waals surface area contributed by atoms with Crippen molar-refractivity contribution in [1.82, 2.24) is 4.57 Å². The number of benzene rings is 2. The summed E-state index contributed by atoms with van der Waals surface area (Å²) in [5, 5.41) is 8.75. The van der Waals surface area contributed by atoms with Crippen LogP contribution in [0, 0.1) is 24.2 Å². The maximum atomic E-state index is 12.7. The summed E-state index contributed by atoms with van der Waals surface area (Å²) in [5.74, 6) is 0.263. The van der Waals surface area contributed by atoms with E-state index in [1.807, 2.05) is 41.4 Å². The Hall–Kier alpha value is -3.39. The van der Waals surface area contributed by atoms with E-state index in [-0.39, 0.29) is 11.9 Å². The summed E-state index contributed by atoms with van der Waals surface area (Å²) in [5.41, 5.74) is 4.59. The van der Waals surface area contributed by atoms with Gasteiger partial charge in [0, 0.05) is 6.42 Å². The zero-order valence-electron chi connectivity index (χ0n) is 16.5. The predicted octanol–water partition coefficient (Wildman–Crippen LogP) is 3.83. The molecule has 0 fully saturated rings. The summed E-state index contributed by atoms with van der Waals surface area (Å²) < 4.78 is 9.84. The lowest BCUT2D eigenvalue weighted by Gasteiger charge is -2.18. The number of esters is 1. The van der Waals surface area contributed by atoms with Crippen molar-refractivity contribution in [3.63, 3.8) is 0 Å². The molecule has 0 saturated heterocycles. The molecule has 0 spiro atoms. The van der Waals surface area contributed by atoms with Gasteiger partial charge in [0.15, 0.2) is 0 Å². The second-order valence-corrected chi connectivity index (χ2v) is 7.58. The third-order valence-corrected chi connectivity index (χ3v) is 5.42. The second-order valence-electron chi connectivity index (χ2n) is 7.58. The Balaban J connectivity index is 1.39. The highest BCUT2D eigenvalue weighted by molar-refractivity contribution is 5.76. The number of nitriles is 1. The highest BCUT2D eigenvalue weighted by Gasteiger charge is 2.30. The number of fused-ring (bicyclic) bond motifs is 1. The molecule has 29 heavy (non-hydrogen) atoms. The average Bonchev–Trinajstić information content (AvgIpc) is 3.15. The van der Waals surface area contributed by atoms with Crippen LogP contribution in [-0.4, -0.2) is 10.5 Å². The van der Waals surface area contributed by atoms with Crippen LogP contribution in [-0.2, 0) is 24.3 Å². The van der Waals surface area contributed by atoms with Crippen molar-refractivity contribution >= 4 is 5.97 Å². The first-order valence-corrected chi connectivity index (χ1v) is 9.96. The van der Waals surface area contributed by atoms with Crippen molar-refractivity contribution in [3.05, 3.63) is 72.3 Å². The van der Waals surface area contributed by atoms with Crippen molar-refractivity contribution in [2.45, 2.75) is 39.3 Å². The fourth-order valence-corrected chi connectivity index (χ4v) is 3.74. The first kappa shape index (κ1) is 18.9. The number of hydrogen-bond acceptors (Lipinski definition) is 3. The minimum atomic E-state index is -0.177. The van der Waals surface area contributed by atoms with Crippen molar-refractivity contribution in [1.29, 1.82) is 5.26 Å². The predicted molar refractivity (Wildman–Crippen MR) is 109 cm³/mol. The Morgan fingerprint density at radius 3 is 2.55 bits per heavy atom. The molecular weight excluding hydrogens is 362 g/mol. The van der Waals surface area contributed by atoms with Crippen LogP contribution in [0.1, 0.15) is 24.1 Å². The van der Waals surface area contributed by atoms with Crippen LogP contribution in [0.5, 0.6) is 5.75 Å². The quantitative estimate of drug-likeness (QED) is 0.380. The van der Waals surface area contributed by atoms with E-state index in [0.29, 0.717) is 25.1 Å². The Morgan fingerprint density at radius 1 is 1.17 bits per heavy atom. The highest BCUT2D eigenvalue weighted by Crippen LogP contribution is 2.25. The van der Waals surface area contributed by atoms with Crippen LogP contribution in [0.4, 0.5) is 0 Å². The lowest BCUT2D eigenvalue weighted by atomic mass is 9.96. The van der Waals surface area contributed by atoms with Gasteiger partial charge < -0.3 is 4.74 Å². The van der Waals surface area contributed by atoms with E-state index in [1.54, 1.807) is 0 Å². The highest BCUT2D eigenvalue weighted by atomic mass is 16.5. The average molecular weight is 386 g/mol. The number of aromatic nitrogens is 2. The SMILES string of the molecule is Cc1ccc(-c2ccc(OC(=O)C3CCn4c[n+](CCC#N)cc4C3)cc2)cc1. The van der Waals surface area contributed by atoms with Gasteiger partial charge in [0.1, 0.15) is 24.2 Å².